The largest absolute Gasteiger partial charge is 0.396 e. The SMILES string of the molecule is OCCCCNCCC1CCCCO1. The van der Waals surface area contributed by atoms with Crippen LogP contribution in [-0.2, 0) is 4.74 Å². The Morgan fingerprint density at radius 3 is 2.86 bits per heavy atom. The molecule has 3 nitrogen and oxygen atoms in total. The van der Waals surface area contributed by atoms with Gasteiger partial charge in [-0.3, -0.25) is 0 Å². The lowest BCUT2D eigenvalue weighted by Crippen LogP contribution is -2.25. The molecule has 1 fully saturated rings. The molecule has 3 heteroatoms. The van der Waals surface area contributed by atoms with Crippen molar-refractivity contribution in [2.75, 3.05) is 26.3 Å². The summed E-state index contributed by atoms with van der Waals surface area (Å²) in [7, 11) is 0. The van der Waals surface area contributed by atoms with E-state index in [9.17, 15) is 0 Å². The zero-order valence-corrected chi connectivity index (χ0v) is 9.00. The standard InChI is InChI=1S/C11H23NO2/c13-9-3-2-7-12-8-6-11-5-1-4-10-14-11/h11-13H,1-10H2. The summed E-state index contributed by atoms with van der Waals surface area (Å²) in [6.45, 7) is 3.34. The van der Waals surface area contributed by atoms with Crippen molar-refractivity contribution in [3.8, 4) is 0 Å². The van der Waals surface area contributed by atoms with Gasteiger partial charge >= 0.3 is 0 Å². The number of rotatable bonds is 7. The molecule has 1 unspecified atom stereocenters. The van der Waals surface area contributed by atoms with Gasteiger partial charge < -0.3 is 15.2 Å². The second-order valence-electron chi connectivity index (χ2n) is 3.96. The van der Waals surface area contributed by atoms with E-state index in [2.05, 4.69) is 5.32 Å². The Bertz CT molecular complexity index is 124. The maximum atomic E-state index is 8.58. The Morgan fingerprint density at radius 1 is 1.21 bits per heavy atom. The molecule has 0 radical (unpaired) electrons. The fourth-order valence-corrected chi connectivity index (χ4v) is 1.78. The lowest BCUT2D eigenvalue weighted by molar-refractivity contribution is 0.0116. The summed E-state index contributed by atoms with van der Waals surface area (Å²) in [6, 6.07) is 0. The van der Waals surface area contributed by atoms with Gasteiger partial charge in [0.25, 0.3) is 0 Å². The average molecular weight is 201 g/mol. The van der Waals surface area contributed by atoms with Crippen molar-refractivity contribution in [2.45, 2.75) is 44.6 Å². The van der Waals surface area contributed by atoms with Crippen LogP contribution in [0.15, 0.2) is 0 Å². The number of hydrogen-bond donors (Lipinski definition) is 2. The minimum atomic E-state index is 0.313. The van der Waals surface area contributed by atoms with Gasteiger partial charge in [-0.1, -0.05) is 0 Å². The molecule has 0 aliphatic carbocycles. The summed E-state index contributed by atoms with van der Waals surface area (Å²) in [5, 5.41) is 12.0. The van der Waals surface area contributed by atoms with E-state index in [0.717, 1.165) is 39.0 Å². The summed E-state index contributed by atoms with van der Waals surface area (Å²) in [5.74, 6) is 0. The maximum Gasteiger partial charge on any atom is 0.0587 e. The molecule has 0 saturated carbocycles. The highest BCUT2D eigenvalue weighted by molar-refractivity contribution is 4.64. The van der Waals surface area contributed by atoms with E-state index in [1.165, 1.54) is 19.3 Å². The molecule has 1 aliphatic rings. The van der Waals surface area contributed by atoms with Crippen LogP contribution < -0.4 is 5.32 Å². The molecule has 2 N–H and O–H groups in total. The lowest BCUT2D eigenvalue weighted by Gasteiger charge is -2.22. The van der Waals surface area contributed by atoms with Crippen molar-refractivity contribution in [2.24, 2.45) is 0 Å². The lowest BCUT2D eigenvalue weighted by atomic mass is 10.1. The molecule has 84 valence electrons. The van der Waals surface area contributed by atoms with Crippen LogP contribution in [0, 0.1) is 0 Å². The minimum absolute atomic E-state index is 0.313. The summed E-state index contributed by atoms with van der Waals surface area (Å²) >= 11 is 0. The van der Waals surface area contributed by atoms with Crippen LogP contribution in [0.25, 0.3) is 0 Å². The highest BCUT2D eigenvalue weighted by Crippen LogP contribution is 2.14. The molecule has 0 aromatic rings. The van der Waals surface area contributed by atoms with Crippen LogP contribution >= 0.6 is 0 Å². The molecule has 0 amide bonds. The summed E-state index contributed by atoms with van der Waals surface area (Å²) < 4.78 is 5.63. The first-order chi connectivity index (χ1) is 6.93. The van der Waals surface area contributed by atoms with Gasteiger partial charge in [0.2, 0.25) is 0 Å². The topological polar surface area (TPSA) is 41.5 Å². The van der Waals surface area contributed by atoms with Gasteiger partial charge in [-0.05, 0) is 51.6 Å². The quantitative estimate of drug-likeness (QED) is 0.610. The molecule has 0 aromatic heterocycles. The molecule has 1 rings (SSSR count). The third-order valence-electron chi connectivity index (χ3n) is 2.68. The van der Waals surface area contributed by atoms with Gasteiger partial charge in [-0.15, -0.1) is 0 Å². The Balaban J connectivity index is 1.82. The van der Waals surface area contributed by atoms with Crippen LogP contribution in [0.3, 0.4) is 0 Å². The van der Waals surface area contributed by atoms with Crippen molar-refractivity contribution in [3.05, 3.63) is 0 Å². The Kier molecular flexibility index (Phi) is 7.01. The number of ether oxygens (including phenoxy) is 1. The molecule has 1 heterocycles. The smallest absolute Gasteiger partial charge is 0.0587 e. The van der Waals surface area contributed by atoms with Crippen LogP contribution in [0.4, 0.5) is 0 Å². The number of aliphatic hydroxyl groups excluding tert-OH is 1. The fourth-order valence-electron chi connectivity index (χ4n) is 1.78. The monoisotopic (exact) mass is 201 g/mol. The second-order valence-corrected chi connectivity index (χ2v) is 3.96. The Labute approximate surface area is 86.8 Å². The molecule has 0 spiro atoms. The van der Waals surface area contributed by atoms with E-state index < -0.39 is 0 Å². The van der Waals surface area contributed by atoms with Crippen LogP contribution in [0.1, 0.15) is 38.5 Å². The Hall–Kier alpha value is -0.120. The zero-order valence-electron chi connectivity index (χ0n) is 9.00. The molecule has 0 bridgehead atoms. The van der Waals surface area contributed by atoms with E-state index in [4.69, 9.17) is 9.84 Å². The molecule has 14 heavy (non-hydrogen) atoms. The van der Waals surface area contributed by atoms with Gasteiger partial charge in [0.05, 0.1) is 6.10 Å². The predicted octanol–water partition coefficient (Wildman–Crippen LogP) is 1.31. The van der Waals surface area contributed by atoms with Crippen molar-refractivity contribution < 1.29 is 9.84 Å². The van der Waals surface area contributed by atoms with Crippen molar-refractivity contribution in [3.63, 3.8) is 0 Å². The first-order valence-electron chi connectivity index (χ1n) is 5.86. The van der Waals surface area contributed by atoms with Gasteiger partial charge in [-0.25, -0.2) is 0 Å². The number of unbranched alkanes of at least 4 members (excludes halogenated alkanes) is 1. The molecule has 0 aromatic carbocycles. The average Bonchev–Trinajstić information content (AvgIpc) is 2.25. The van der Waals surface area contributed by atoms with Crippen molar-refractivity contribution in [1.29, 1.82) is 0 Å². The van der Waals surface area contributed by atoms with E-state index in [0.29, 0.717) is 12.7 Å². The summed E-state index contributed by atoms with van der Waals surface area (Å²) in [5.41, 5.74) is 0. The normalized spacial score (nSPS) is 22.5. The first kappa shape index (κ1) is 12.0. The van der Waals surface area contributed by atoms with E-state index >= 15 is 0 Å². The van der Waals surface area contributed by atoms with Crippen LogP contribution in [0.5, 0.6) is 0 Å². The third-order valence-corrected chi connectivity index (χ3v) is 2.68. The van der Waals surface area contributed by atoms with Crippen LogP contribution in [-0.4, -0.2) is 37.5 Å². The van der Waals surface area contributed by atoms with E-state index in [-0.39, 0.29) is 0 Å². The first-order valence-corrected chi connectivity index (χ1v) is 5.86. The molecule has 1 aliphatic heterocycles. The van der Waals surface area contributed by atoms with Crippen molar-refractivity contribution in [1.82, 2.24) is 5.32 Å². The number of hydrogen-bond acceptors (Lipinski definition) is 3. The summed E-state index contributed by atoms with van der Waals surface area (Å²) in [4.78, 5) is 0. The molecular weight excluding hydrogens is 178 g/mol. The maximum absolute atomic E-state index is 8.58. The van der Waals surface area contributed by atoms with Gasteiger partial charge in [0, 0.05) is 13.2 Å². The number of nitrogens with one attached hydrogen (secondary N) is 1. The number of aliphatic hydroxyl groups is 1. The van der Waals surface area contributed by atoms with E-state index in [1.54, 1.807) is 0 Å². The molecular formula is C11H23NO2. The van der Waals surface area contributed by atoms with Gasteiger partial charge in [0.15, 0.2) is 0 Å². The molecule has 1 atom stereocenters. The second kappa shape index (κ2) is 8.21. The third kappa shape index (κ3) is 5.58. The minimum Gasteiger partial charge on any atom is -0.396 e. The highest BCUT2D eigenvalue weighted by Gasteiger charge is 2.12. The van der Waals surface area contributed by atoms with Crippen molar-refractivity contribution >= 4 is 0 Å². The predicted molar refractivity (Wildman–Crippen MR) is 57.4 cm³/mol. The Morgan fingerprint density at radius 2 is 2.14 bits per heavy atom. The fraction of sp³-hybridized carbons (Fsp3) is 1.00. The zero-order chi connectivity index (χ0) is 10.1. The van der Waals surface area contributed by atoms with Gasteiger partial charge in [-0.2, -0.15) is 0 Å². The molecule has 1 saturated heterocycles. The highest BCUT2D eigenvalue weighted by atomic mass is 16.5. The van der Waals surface area contributed by atoms with Crippen LogP contribution in [0.2, 0.25) is 0 Å². The van der Waals surface area contributed by atoms with Gasteiger partial charge in [0.1, 0.15) is 0 Å². The van der Waals surface area contributed by atoms with E-state index in [1.807, 2.05) is 0 Å². The summed E-state index contributed by atoms with van der Waals surface area (Å²) in [6.07, 6.45) is 7.41.